The van der Waals surface area contributed by atoms with Crippen molar-refractivity contribution in [3.8, 4) is 6.07 Å². The van der Waals surface area contributed by atoms with Gasteiger partial charge in [0, 0.05) is 12.5 Å². The van der Waals surface area contributed by atoms with Gasteiger partial charge in [0.25, 0.3) is 0 Å². The van der Waals surface area contributed by atoms with E-state index < -0.39 is 12.2 Å². The number of carbonyl (C=O) groups excluding carboxylic acids is 2. The molecule has 0 aromatic heterocycles. The van der Waals surface area contributed by atoms with E-state index in [4.69, 9.17) is 15.7 Å². The van der Waals surface area contributed by atoms with Gasteiger partial charge in [0.1, 0.15) is 6.10 Å². The summed E-state index contributed by atoms with van der Waals surface area (Å²) in [5.41, 5.74) is 6.82. The lowest BCUT2D eigenvalue weighted by Gasteiger charge is -2.20. The van der Waals surface area contributed by atoms with Crippen LogP contribution in [0.5, 0.6) is 0 Å². The molecule has 1 aromatic rings. The molecule has 138 valence electrons. The lowest BCUT2D eigenvalue weighted by Crippen LogP contribution is -2.38. The van der Waals surface area contributed by atoms with Crippen molar-refractivity contribution in [3.05, 3.63) is 60.7 Å². The predicted octanol–water partition coefficient (Wildman–Crippen LogP) is 3.16. The maximum atomic E-state index is 12.1. The molecule has 0 spiro atoms. The largest absolute Gasteiger partial charge is 0.441 e. The first-order chi connectivity index (χ1) is 12.4. The molecule has 1 aromatic carbocycles. The summed E-state index contributed by atoms with van der Waals surface area (Å²) in [4.78, 5) is 23.2. The van der Waals surface area contributed by atoms with E-state index in [1.807, 2.05) is 24.3 Å². The molecule has 3 unspecified atom stereocenters. The van der Waals surface area contributed by atoms with Crippen LogP contribution in [0, 0.1) is 17.2 Å². The Bertz CT molecular complexity index is 694. The summed E-state index contributed by atoms with van der Waals surface area (Å²) < 4.78 is 5.13. The number of rotatable bonds is 10. The molecule has 26 heavy (non-hydrogen) atoms. The molecule has 6 heteroatoms. The van der Waals surface area contributed by atoms with Crippen LogP contribution in [0.2, 0.25) is 0 Å². The van der Waals surface area contributed by atoms with Gasteiger partial charge in [0.15, 0.2) is 0 Å². The van der Waals surface area contributed by atoms with Crippen LogP contribution in [0.3, 0.4) is 0 Å². The minimum Gasteiger partial charge on any atom is -0.441 e. The molecule has 0 saturated carbocycles. The van der Waals surface area contributed by atoms with E-state index in [0.717, 1.165) is 11.1 Å². The van der Waals surface area contributed by atoms with Crippen molar-refractivity contribution < 1.29 is 14.3 Å². The molecule has 0 bridgehead atoms. The number of hydrogen-bond donors (Lipinski definition) is 2. The number of ether oxygens (including phenoxy) is 1. The van der Waals surface area contributed by atoms with Gasteiger partial charge in [-0.05, 0) is 17.5 Å². The lowest BCUT2D eigenvalue weighted by atomic mass is 9.98. The maximum Gasteiger partial charge on any atom is 0.405 e. The molecule has 0 fully saturated rings. The summed E-state index contributed by atoms with van der Waals surface area (Å²) in [6, 6.07) is 9.22. The number of nitrogens with two attached hydrogens (primary N) is 1. The number of hydrogen-bond acceptors (Lipinski definition) is 4. The molecule has 0 saturated heterocycles. The van der Waals surface area contributed by atoms with Crippen molar-refractivity contribution in [2.45, 2.75) is 38.3 Å². The van der Waals surface area contributed by atoms with Gasteiger partial charge in [0.2, 0.25) is 5.91 Å². The third-order valence-electron chi connectivity index (χ3n) is 3.90. The molecule has 1 rings (SSSR count). The SMILES string of the molecule is C=CCC(OC(N)=O)c1cccc(CC(CC#N)NC(=O)C(C)C=C)c1. The first-order valence-corrected chi connectivity index (χ1v) is 8.37. The van der Waals surface area contributed by atoms with Gasteiger partial charge in [-0.15, -0.1) is 13.2 Å². The van der Waals surface area contributed by atoms with Crippen molar-refractivity contribution in [1.29, 1.82) is 5.26 Å². The topological polar surface area (TPSA) is 105 Å². The third-order valence-corrected chi connectivity index (χ3v) is 3.90. The van der Waals surface area contributed by atoms with Crippen molar-refractivity contribution in [2.24, 2.45) is 11.7 Å². The molecule has 0 heterocycles. The van der Waals surface area contributed by atoms with Crippen LogP contribution < -0.4 is 11.1 Å². The molecule has 3 N–H and O–H groups in total. The zero-order valence-corrected chi connectivity index (χ0v) is 15.0. The van der Waals surface area contributed by atoms with Gasteiger partial charge in [-0.2, -0.15) is 5.26 Å². The van der Waals surface area contributed by atoms with Crippen molar-refractivity contribution in [3.63, 3.8) is 0 Å². The van der Waals surface area contributed by atoms with Crippen LogP contribution in [-0.4, -0.2) is 18.0 Å². The average Bonchev–Trinajstić information content (AvgIpc) is 2.60. The smallest absolute Gasteiger partial charge is 0.405 e. The number of amides is 2. The summed E-state index contributed by atoms with van der Waals surface area (Å²) in [5, 5.41) is 11.9. The Balaban J connectivity index is 2.94. The second kappa shape index (κ2) is 10.7. The van der Waals surface area contributed by atoms with Crippen molar-refractivity contribution in [2.75, 3.05) is 0 Å². The van der Waals surface area contributed by atoms with Gasteiger partial charge >= 0.3 is 6.09 Å². The summed E-state index contributed by atoms with van der Waals surface area (Å²) in [6.07, 6.45) is 2.94. The summed E-state index contributed by atoms with van der Waals surface area (Å²) in [6.45, 7) is 9.01. The highest BCUT2D eigenvalue weighted by Crippen LogP contribution is 2.23. The minimum absolute atomic E-state index is 0.169. The second-order valence-electron chi connectivity index (χ2n) is 5.99. The van der Waals surface area contributed by atoms with E-state index in [1.54, 1.807) is 19.1 Å². The Kier molecular flexibility index (Phi) is 8.65. The normalized spacial score (nSPS) is 13.5. The summed E-state index contributed by atoms with van der Waals surface area (Å²) in [5.74, 6) is -0.499. The van der Waals surface area contributed by atoms with Crippen LogP contribution in [0.15, 0.2) is 49.6 Å². The molecular formula is C20H25N3O3. The van der Waals surface area contributed by atoms with Crippen molar-refractivity contribution >= 4 is 12.0 Å². The Labute approximate surface area is 154 Å². The Morgan fingerprint density at radius 2 is 2.15 bits per heavy atom. The van der Waals surface area contributed by atoms with Gasteiger partial charge in [-0.3, -0.25) is 4.79 Å². The van der Waals surface area contributed by atoms with E-state index in [1.165, 1.54) is 0 Å². The Morgan fingerprint density at radius 1 is 1.42 bits per heavy atom. The van der Waals surface area contributed by atoms with E-state index in [9.17, 15) is 9.59 Å². The number of nitrogens with one attached hydrogen (secondary N) is 1. The highest BCUT2D eigenvalue weighted by molar-refractivity contribution is 5.80. The molecule has 3 atom stereocenters. The molecule has 6 nitrogen and oxygen atoms in total. The second-order valence-corrected chi connectivity index (χ2v) is 5.99. The van der Waals surface area contributed by atoms with Gasteiger partial charge in [-0.1, -0.05) is 43.3 Å². The van der Waals surface area contributed by atoms with Crippen LogP contribution in [-0.2, 0) is 16.0 Å². The lowest BCUT2D eigenvalue weighted by molar-refractivity contribution is -0.123. The van der Waals surface area contributed by atoms with Gasteiger partial charge < -0.3 is 15.8 Å². The standard InChI is InChI=1S/C20H25N3O3/c1-4-7-18(26-20(22)25)16-9-6-8-15(12-16)13-17(10-11-21)23-19(24)14(3)5-2/h4-6,8-9,12,14,17-18H,1-2,7,10,13H2,3H3,(H2,22,25)(H,23,24). The Morgan fingerprint density at radius 3 is 2.73 bits per heavy atom. The number of carbonyl (C=O) groups is 2. The van der Waals surface area contributed by atoms with E-state index in [2.05, 4.69) is 24.5 Å². The number of nitriles is 1. The van der Waals surface area contributed by atoms with Crippen molar-refractivity contribution in [1.82, 2.24) is 5.32 Å². The average molecular weight is 355 g/mol. The summed E-state index contributed by atoms with van der Waals surface area (Å²) >= 11 is 0. The van der Waals surface area contributed by atoms with Crippen LogP contribution >= 0.6 is 0 Å². The first kappa shape index (κ1) is 21.0. The minimum atomic E-state index is -0.852. The van der Waals surface area contributed by atoms with Gasteiger partial charge in [-0.25, -0.2) is 4.79 Å². The van der Waals surface area contributed by atoms with E-state index in [0.29, 0.717) is 12.8 Å². The predicted molar refractivity (Wildman–Crippen MR) is 99.9 cm³/mol. The molecule has 0 aliphatic rings. The molecule has 0 radical (unpaired) electrons. The molecule has 0 aliphatic carbocycles. The van der Waals surface area contributed by atoms with Crippen LogP contribution in [0.4, 0.5) is 4.79 Å². The third kappa shape index (κ3) is 6.81. The maximum absolute atomic E-state index is 12.1. The fourth-order valence-electron chi connectivity index (χ4n) is 2.47. The van der Waals surface area contributed by atoms with E-state index >= 15 is 0 Å². The van der Waals surface area contributed by atoms with E-state index in [-0.39, 0.29) is 24.3 Å². The van der Waals surface area contributed by atoms with Gasteiger partial charge in [0.05, 0.1) is 18.4 Å². The molecule has 0 aliphatic heterocycles. The molecule has 2 amide bonds. The highest BCUT2D eigenvalue weighted by atomic mass is 16.6. The quantitative estimate of drug-likeness (QED) is 0.629. The fraction of sp³-hybridized carbons (Fsp3) is 0.350. The highest BCUT2D eigenvalue weighted by Gasteiger charge is 2.18. The van der Waals surface area contributed by atoms with Crippen LogP contribution in [0.1, 0.15) is 37.0 Å². The van der Waals surface area contributed by atoms with Crippen LogP contribution in [0.25, 0.3) is 0 Å². The molecular weight excluding hydrogens is 330 g/mol. The number of nitrogens with zero attached hydrogens (tertiary/aromatic N) is 1. The number of benzene rings is 1. The summed E-state index contributed by atoms with van der Waals surface area (Å²) in [7, 11) is 0. The zero-order chi connectivity index (χ0) is 19.5. The first-order valence-electron chi connectivity index (χ1n) is 8.37. The number of primary amides is 1. The Hall–Kier alpha value is -3.07. The monoisotopic (exact) mass is 355 g/mol. The fourth-order valence-corrected chi connectivity index (χ4v) is 2.47. The zero-order valence-electron chi connectivity index (χ0n) is 15.0.